The van der Waals surface area contributed by atoms with Crippen molar-refractivity contribution in [2.24, 2.45) is 0 Å². The lowest BCUT2D eigenvalue weighted by atomic mass is 10.1. The van der Waals surface area contributed by atoms with Gasteiger partial charge >= 0.3 is 6.36 Å². The van der Waals surface area contributed by atoms with E-state index in [-0.39, 0.29) is 16.5 Å². The molecule has 1 unspecified atom stereocenters. The first-order valence-corrected chi connectivity index (χ1v) is 5.52. The van der Waals surface area contributed by atoms with Crippen LogP contribution in [0.1, 0.15) is 17.4 Å². The third-order valence-corrected chi connectivity index (χ3v) is 2.47. The molecule has 1 aromatic carbocycles. The van der Waals surface area contributed by atoms with Crippen molar-refractivity contribution < 1.29 is 27.4 Å². The van der Waals surface area contributed by atoms with Gasteiger partial charge < -0.3 is 14.3 Å². The first kappa shape index (κ1) is 13.8. The summed E-state index contributed by atoms with van der Waals surface area (Å²) < 4.78 is 45.0. The summed E-state index contributed by atoms with van der Waals surface area (Å²) in [5.41, 5.74) is 0.202. The molecule has 0 aliphatic carbocycles. The van der Waals surface area contributed by atoms with Crippen LogP contribution in [0.4, 0.5) is 13.2 Å². The lowest BCUT2D eigenvalue weighted by Gasteiger charge is -2.12. The minimum Gasteiger partial charge on any atom is -0.447 e. The van der Waals surface area contributed by atoms with Crippen LogP contribution in [0.2, 0.25) is 5.22 Å². The maximum absolute atomic E-state index is 12.1. The number of rotatable bonds is 3. The Morgan fingerprint density at radius 2 is 1.95 bits per heavy atom. The zero-order chi connectivity index (χ0) is 14.0. The number of hydrogen-bond donors (Lipinski definition) is 1. The van der Waals surface area contributed by atoms with Gasteiger partial charge in [0.1, 0.15) is 17.6 Å². The van der Waals surface area contributed by atoms with E-state index in [0.29, 0.717) is 0 Å². The molecule has 0 aliphatic heterocycles. The summed E-state index contributed by atoms with van der Waals surface area (Å²) in [6, 6.07) is 7.86. The maximum Gasteiger partial charge on any atom is 0.573 e. The number of hydrogen-bond acceptors (Lipinski definition) is 3. The average molecular weight is 293 g/mol. The molecule has 2 rings (SSSR count). The van der Waals surface area contributed by atoms with Crippen molar-refractivity contribution in [1.29, 1.82) is 0 Å². The van der Waals surface area contributed by atoms with E-state index in [4.69, 9.17) is 16.0 Å². The van der Waals surface area contributed by atoms with Gasteiger partial charge in [-0.25, -0.2) is 0 Å². The predicted molar refractivity (Wildman–Crippen MR) is 60.9 cm³/mol. The molecule has 0 radical (unpaired) electrons. The van der Waals surface area contributed by atoms with E-state index in [1.165, 1.54) is 24.3 Å². The quantitative estimate of drug-likeness (QED) is 0.932. The van der Waals surface area contributed by atoms with Crippen LogP contribution in [0, 0.1) is 0 Å². The highest BCUT2D eigenvalue weighted by Crippen LogP contribution is 2.29. The van der Waals surface area contributed by atoms with Crippen LogP contribution >= 0.6 is 11.6 Å². The largest absolute Gasteiger partial charge is 0.573 e. The van der Waals surface area contributed by atoms with Crippen molar-refractivity contribution in [3.8, 4) is 5.75 Å². The lowest BCUT2D eigenvalue weighted by Crippen LogP contribution is -2.17. The van der Waals surface area contributed by atoms with Crippen molar-refractivity contribution in [3.63, 3.8) is 0 Å². The van der Waals surface area contributed by atoms with Gasteiger partial charge in [-0.3, -0.25) is 0 Å². The second kappa shape index (κ2) is 5.14. The summed E-state index contributed by atoms with van der Waals surface area (Å²) in [7, 11) is 0. The maximum atomic E-state index is 12.1. The molecule has 1 atom stereocenters. The van der Waals surface area contributed by atoms with Gasteiger partial charge in [-0.2, -0.15) is 0 Å². The van der Waals surface area contributed by atoms with E-state index in [9.17, 15) is 18.3 Å². The van der Waals surface area contributed by atoms with Crippen molar-refractivity contribution in [2.45, 2.75) is 12.5 Å². The van der Waals surface area contributed by atoms with Gasteiger partial charge in [0.05, 0.1) is 0 Å². The van der Waals surface area contributed by atoms with Crippen LogP contribution in [0.3, 0.4) is 0 Å². The van der Waals surface area contributed by atoms with E-state index in [1.807, 2.05) is 0 Å². The summed E-state index contributed by atoms with van der Waals surface area (Å²) in [6.07, 6.45) is -6.00. The van der Waals surface area contributed by atoms with Gasteiger partial charge in [0.2, 0.25) is 0 Å². The number of aliphatic hydroxyl groups excluding tert-OH is 1. The molecule has 0 spiro atoms. The predicted octanol–water partition coefficient (Wildman–Crippen LogP) is 3.91. The number of benzene rings is 1. The molecule has 0 aliphatic rings. The number of alkyl halides is 3. The molecule has 0 saturated carbocycles. The number of furan rings is 1. The highest BCUT2D eigenvalue weighted by molar-refractivity contribution is 6.28. The molecular formula is C12H8ClF3O3. The highest BCUT2D eigenvalue weighted by Gasteiger charge is 2.31. The zero-order valence-corrected chi connectivity index (χ0v) is 10.1. The Balaban J connectivity index is 2.23. The van der Waals surface area contributed by atoms with E-state index in [1.54, 1.807) is 0 Å². The Hall–Kier alpha value is -1.66. The minimum absolute atomic E-state index is 0.0803. The second-order valence-electron chi connectivity index (χ2n) is 3.66. The van der Waals surface area contributed by atoms with E-state index < -0.39 is 18.2 Å². The molecule has 2 aromatic rings. The standard InChI is InChI=1S/C12H8ClF3O3/c13-10-5-4-9(18-10)11(17)7-2-1-3-8(6-7)19-12(14,15)16/h1-6,11,17H. The van der Waals surface area contributed by atoms with Gasteiger partial charge in [0.15, 0.2) is 5.22 Å². The molecule has 1 heterocycles. The van der Waals surface area contributed by atoms with Gasteiger partial charge in [-0.15, -0.1) is 13.2 Å². The number of ether oxygens (including phenoxy) is 1. The Morgan fingerprint density at radius 1 is 1.21 bits per heavy atom. The molecule has 1 aromatic heterocycles. The highest BCUT2D eigenvalue weighted by atomic mass is 35.5. The van der Waals surface area contributed by atoms with Crippen molar-refractivity contribution >= 4 is 11.6 Å². The summed E-state index contributed by atoms with van der Waals surface area (Å²) in [5, 5.41) is 10.0. The summed E-state index contributed by atoms with van der Waals surface area (Å²) in [4.78, 5) is 0. The fraction of sp³-hybridized carbons (Fsp3) is 0.167. The van der Waals surface area contributed by atoms with E-state index >= 15 is 0 Å². The van der Waals surface area contributed by atoms with Crippen molar-refractivity contribution in [2.75, 3.05) is 0 Å². The first-order valence-electron chi connectivity index (χ1n) is 5.14. The number of aliphatic hydroxyl groups is 1. The summed E-state index contributed by atoms with van der Waals surface area (Å²) in [6.45, 7) is 0. The smallest absolute Gasteiger partial charge is 0.447 e. The fourth-order valence-electron chi connectivity index (χ4n) is 1.52. The SMILES string of the molecule is OC(c1cccc(OC(F)(F)F)c1)c1ccc(Cl)o1. The Labute approximate surface area is 111 Å². The molecule has 0 amide bonds. The van der Waals surface area contributed by atoms with Gasteiger partial charge in [-0.05, 0) is 41.4 Å². The third kappa shape index (κ3) is 3.65. The van der Waals surface area contributed by atoms with Crippen LogP contribution < -0.4 is 4.74 Å². The average Bonchev–Trinajstić information content (AvgIpc) is 2.73. The number of halogens is 4. The molecule has 102 valence electrons. The third-order valence-electron chi connectivity index (χ3n) is 2.27. The fourth-order valence-corrected chi connectivity index (χ4v) is 1.67. The van der Waals surface area contributed by atoms with Gasteiger partial charge in [0, 0.05) is 0 Å². The molecule has 3 nitrogen and oxygen atoms in total. The van der Waals surface area contributed by atoms with Gasteiger partial charge in [0.25, 0.3) is 0 Å². The molecule has 0 fully saturated rings. The molecule has 19 heavy (non-hydrogen) atoms. The topological polar surface area (TPSA) is 42.6 Å². The summed E-state index contributed by atoms with van der Waals surface area (Å²) >= 11 is 5.56. The van der Waals surface area contributed by atoms with Crippen molar-refractivity contribution in [3.05, 3.63) is 52.9 Å². The van der Waals surface area contributed by atoms with Crippen LogP contribution in [0.5, 0.6) is 5.75 Å². The molecule has 0 saturated heterocycles. The molecule has 1 N–H and O–H groups in total. The lowest BCUT2D eigenvalue weighted by molar-refractivity contribution is -0.274. The minimum atomic E-state index is -4.78. The van der Waals surface area contributed by atoms with Crippen LogP contribution in [-0.4, -0.2) is 11.5 Å². The Bertz CT molecular complexity index is 565. The Morgan fingerprint density at radius 3 is 2.53 bits per heavy atom. The zero-order valence-electron chi connectivity index (χ0n) is 9.32. The first-order chi connectivity index (χ1) is 8.85. The van der Waals surface area contributed by atoms with Crippen LogP contribution in [0.25, 0.3) is 0 Å². The molecule has 7 heteroatoms. The normalized spacial score (nSPS) is 13.3. The van der Waals surface area contributed by atoms with Crippen LogP contribution in [0.15, 0.2) is 40.8 Å². The molecular weight excluding hydrogens is 285 g/mol. The molecule has 0 bridgehead atoms. The van der Waals surface area contributed by atoms with Crippen LogP contribution in [-0.2, 0) is 0 Å². The monoisotopic (exact) mass is 292 g/mol. The summed E-state index contributed by atoms with van der Waals surface area (Å²) in [5.74, 6) is -0.282. The Kier molecular flexibility index (Phi) is 3.73. The van der Waals surface area contributed by atoms with Crippen molar-refractivity contribution in [1.82, 2.24) is 0 Å². The van der Waals surface area contributed by atoms with E-state index in [2.05, 4.69) is 4.74 Å². The second-order valence-corrected chi connectivity index (χ2v) is 4.04. The van der Waals surface area contributed by atoms with Gasteiger partial charge in [-0.1, -0.05) is 12.1 Å². The van der Waals surface area contributed by atoms with E-state index in [0.717, 1.165) is 12.1 Å².